The van der Waals surface area contributed by atoms with E-state index in [0.717, 1.165) is 37.7 Å². The Labute approximate surface area is 229 Å². The molecule has 8 nitrogen and oxygen atoms in total. The zero-order chi connectivity index (χ0) is 27.8. The quantitative estimate of drug-likeness (QED) is 0.399. The number of aryl methyl sites for hydroxylation is 1. The molecule has 1 fully saturated rings. The van der Waals surface area contributed by atoms with Crippen LogP contribution in [-0.2, 0) is 16.0 Å². The topological polar surface area (TPSA) is 99.5 Å². The number of rotatable bonds is 8. The van der Waals surface area contributed by atoms with Crippen molar-refractivity contribution in [3.05, 3.63) is 77.9 Å². The second-order valence-electron chi connectivity index (χ2n) is 9.79. The molecule has 1 aliphatic carbocycles. The normalized spacial score (nSPS) is 17.0. The van der Waals surface area contributed by atoms with Crippen LogP contribution < -0.4 is 14.4 Å². The van der Waals surface area contributed by atoms with E-state index in [1.165, 1.54) is 53.4 Å². The van der Waals surface area contributed by atoms with Crippen LogP contribution >= 0.6 is 0 Å². The lowest BCUT2D eigenvalue weighted by Crippen LogP contribution is -2.46. The summed E-state index contributed by atoms with van der Waals surface area (Å²) < 4.78 is 10.9. The first-order valence-corrected chi connectivity index (χ1v) is 13.2. The van der Waals surface area contributed by atoms with Crippen LogP contribution in [0.25, 0.3) is 10.8 Å². The number of hydrogen-bond acceptors (Lipinski definition) is 6. The SMILES string of the molecule is COc1ccc2c(c1)C(CCN1CCN(c3cccc4ccc(OC)cc34)CC1)CC2.O=C(O)/C=C/C(=O)O. The van der Waals surface area contributed by atoms with Crippen molar-refractivity contribution in [2.75, 3.05) is 51.8 Å². The molecule has 206 valence electrons. The van der Waals surface area contributed by atoms with E-state index in [-0.39, 0.29) is 0 Å². The Morgan fingerprint density at radius 1 is 0.897 bits per heavy atom. The third kappa shape index (κ3) is 7.29. The summed E-state index contributed by atoms with van der Waals surface area (Å²) in [6.07, 6.45) is 4.85. The largest absolute Gasteiger partial charge is 0.497 e. The molecule has 2 N–H and O–H groups in total. The second-order valence-corrected chi connectivity index (χ2v) is 9.79. The lowest BCUT2D eigenvalue weighted by atomic mass is 9.97. The summed E-state index contributed by atoms with van der Waals surface area (Å²) in [5.74, 6) is 0.0755. The number of anilines is 1. The Bertz CT molecular complexity index is 1310. The number of nitrogens with zero attached hydrogens (tertiary/aromatic N) is 2. The predicted octanol–water partition coefficient (Wildman–Crippen LogP) is 4.81. The van der Waals surface area contributed by atoms with Gasteiger partial charge in [0, 0.05) is 49.4 Å². The van der Waals surface area contributed by atoms with E-state index in [1.807, 2.05) is 6.07 Å². The van der Waals surface area contributed by atoms with Crippen LogP contribution in [0.15, 0.2) is 66.7 Å². The number of hydrogen-bond donors (Lipinski definition) is 2. The Morgan fingerprint density at radius 2 is 1.56 bits per heavy atom. The van der Waals surface area contributed by atoms with E-state index in [4.69, 9.17) is 19.7 Å². The molecule has 1 unspecified atom stereocenters. The number of carboxylic acid groups (broad SMARTS) is 2. The summed E-state index contributed by atoms with van der Waals surface area (Å²) >= 11 is 0. The van der Waals surface area contributed by atoms with Crippen LogP contribution in [0.3, 0.4) is 0 Å². The summed E-state index contributed by atoms with van der Waals surface area (Å²) in [4.78, 5) is 24.3. The van der Waals surface area contributed by atoms with Gasteiger partial charge >= 0.3 is 11.9 Å². The van der Waals surface area contributed by atoms with E-state index in [2.05, 4.69) is 58.3 Å². The first-order chi connectivity index (χ1) is 18.9. The molecule has 0 spiro atoms. The molecular formula is C31H36N2O6. The molecule has 0 bridgehead atoms. The maximum Gasteiger partial charge on any atom is 0.328 e. The van der Waals surface area contributed by atoms with Crippen LogP contribution in [0.1, 0.15) is 29.9 Å². The summed E-state index contributed by atoms with van der Waals surface area (Å²) in [5.41, 5.74) is 4.36. The van der Waals surface area contributed by atoms with Gasteiger partial charge in [0.25, 0.3) is 0 Å². The van der Waals surface area contributed by atoms with E-state index in [9.17, 15) is 9.59 Å². The molecule has 1 atom stereocenters. The summed E-state index contributed by atoms with van der Waals surface area (Å²) in [6, 6.07) is 19.6. The predicted molar refractivity (Wildman–Crippen MR) is 152 cm³/mol. The molecule has 5 rings (SSSR count). The molecule has 3 aromatic carbocycles. The number of aliphatic carboxylic acids is 2. The Balaban J connectivity index is 0.000000386. The van der Waals surface area contributed by atoms with Crippen molar-refractivity contribution in [1.29, 1.82) is 0 Å². The van der Waals surface area contributed by atoms with Gasteiger partial charge in [0.2, 0.25) is 0 Å². The van der Waals surface area contributed by atoms with Gasteiger partial charge in [-0.25, -0.2) is 9.59 Å². The van der Waals surface area contributed by atoms with Gasteiger partial charge in [-0.2, -0.15) is 0 Å². The van der Waals surface area contributed by atoms with Gasteiger partial charge in [-0.05, 0) is 78.6 Å². The van der Waals surface area contributed by atoms with Gasteiger partial charge in [-0.15, -0.1) is 0 Å². The Kier molecular flexibility index (Phi) is 9.44. The maximum atomic E-state index is 9.55. The minimum absolute atomic E-state index is 0.558. The van der Waals surface area contributed by atoms with Gasteiger partial charge in [-0.1, -0.05) is 24.3 Å². The average Bonchev–Trinajstić information content (AvgIpc) is 3.37. The molecule has 1 saturated heterocycles. The third-order valence-electron chi connectivity index (χ3n) is 7.50. The fourth-order valence-electron chi connectivity index (χ4n) is 5.42. The number of ether oxygens (including phenoxy) is 2. The molecular weight excluding hydrogens is 496 g/mol. The van der Waals surface area contributed by atoms with Crippen molar-refractivity contribution in [1.82, 2.24) is 4.90 Å². The van der Waals surface area contributed by atoms with Gasteiger partial charge in [-0.3, -0.25) is 4.90 Å². The standard InChI is InChI=1S/C27H32N2O2.C4H4O4/c1-30-23-11-9-21-6-7-22(25(21)18-23)12-13-28-14-16-29(17-15-28)27-5-3-4-20-8-10-24(31-2)19-26(20)27;5-3(6)1-2-4(7)8/h3-5,8-11,18-19,22H,6-7,12-17H2,1-2H3;1-2H,(H,5,6)(H,7,8)/b;2-1+. The van der Waals surface area contributed by atoms with E-state index < -0.39 is 11.9 Å². The fraction of sp³-hybridized carbons (Fsp3) is 0.355. The monoisotopic (exact) mass is 532 g/mol. The van der Waals surface area contributed by atoms with Crippen LogP contribution in [0.4, 0.5) is 5.69 Å². The van der Waals surface area contributed by atoms with E-state index in [1.54, 1.807) is 14.2 Å². The van der Waals surface area contributed by atoms with Gasteiger partial charge in [0.05, 0.1) is 14.2 Å². The zero-order valence-electron chi connectivity index (χ0n) is 22.5. The van der Waals surface area contributed by atoms with Gasteiger partial charge < -0.3 is 24.6 Å². The van der Waals surface area contributed by atoms with Crippen molar-refractivity contribution >= 4 is 28.4 Å². The molecule has 1 heterocycles. The fourth-order valence-corrected chi connectivity index (χ4v) is 5.42. The van der Waals surface area contributed by atoms with Crippen molar-refractivity contribution in [3.63, 3.8) is 0 Å². The highest BCUT2D eigenvalue weighted by atomic mass is 16.5. The van der Waals surface area contributed by atoms with Crippen LogP contribution in [0.2, 0.25) is 0 Å². The zero-order valence-corrected chi connectivity index (χ0v) is 22.5. The van der Waals surface area contributed by atoms with Crippen LogP contribution in [-0.4, -0.2) is 74.0 Å². The van der Waals surface area contributed by atoms with E-state index in [0.29, 0.717) is 18.1 Å². The highest BCUT2D eigenvalue weighted by Crippen LogP contribution is 2.38. The molecule has 0 amide bonds. The number of methoxy groups -OCH3 is 2. The lowest BCUT2D eigenvalue weighted by Gasteiger charge is -2.37. The van der Waals surface area contributed by atoms with Crippen molar-refractivity contribution < 1.29 is 29.3 Å². The van der Waals surface area contributed by atoms with Crippen molar-refractivity contribution in [2.24, 2.45) is 0 Å². The van der Waals surface area contributed by atoms with Gasteiger partial charge in [0.1, 0.15) is 11.5 Å². The number of carbonyl (C=O) groups is 2. The molecule has 0 aromatic heterocycles. The highest BCUT2D eigenvalue weighted by molar-refractivity contribution is 5.95. The minimum Gasteiger partial charge on any atom is -0.497 e. The van der Waals surface area contributed by atoms with Gasteiger partial charge in [0.15, 0.2) is 0 Å². The number of carboxylic acids is 2. The average molecular weight is 533 g/mol. The summed E-state index contributed by atoms with van der Waals surface area (Å²) in [7, 11) is 3.50. The minimum atomic E-state index is -1.26. The smallest absolute Gasteiger partial charge is 0.328 e. The Hall–Kier alpha value is -4.04. The molecule has 0 saturated carbocycles. The molecule has 8 heteroatoms. The second kappa shape index (κ2) is 13.2. The molecule has 0 radical (unpaired) electrons. The van der Waals surface area contributed by atoms with E-state index >= 15 is 0 Å². The summed E-state index contributed by atoms with van der Waals surface area (Å²) in [5, 5.41) is 18.2. The Morgan fingerprint density at radius 3 is 2.23 bits per heavy atom. The number of benzene rings is 3. The molecule has 2 aliphatic rings. The molecule has 39 heavy (non-hydrogen) atoms. The lowest BCUT2D eigenvalue weighted by molar-refractivity contribution is -0.134. The van der Waals surface area contributed by atoms with Crippen LogP contribution in [0.5, 0.6) is 11.5 Å². The highest BCUT2D eigenvalue weighted by Gasteiger charge is 2.25. The number of fused-ring (bicyclic) bond motifs is 2. The first kappa shape index (κ1) is 28.0. The number of piperazine rings is 1. The van der Waals surface area contributed by atoms with Crippen LogP contribution in [0, 0.1) is 0 Å². The molecule has 1 aliphatic heterocycles. The van der Waals surface area contributed by atoms with Crippen molar-refractivity contribution in [3.8, 4) is 11.5 Å². The maximum absolute atomic E-state index is 9.55. The van der Waals surface area contributed by atoms with Crippen molar-refractivity contribution in [2.45, 2.75) is 25.2 Å². The third-order valence-corrected chi connectivity index (χ3v) is 7.50. The summed E-state index contributed by atoms with van der Waals surface area (Å²) in [6.45, 7) is 5.57. The first-order valence-electron chi connectivity index (χ1n) is 13.2. The molecule has 3 aromatic rings.